The molecule has 2 amide bonds. The molecule has 6 heteroatoms. The van der Waals surface area contributed by atoms with Crippen LogP contribution in [0.1, 0.15) is 29.5 Å². The summed E-state index contributed by atoms with van der Waals surface area (Å²) < 4.78 is 0. The molecular weight excluding hydrogens is 381 g/mol. The third kappa shape index (κ3) is 5.38. The maximum Gasteiger partial charge on any atom is 0.316 e. The van der Waals surface area contributed by atoms with Gasteiger partial charge in [0.2, 0.25) is 0 Å². The number of rotatable bonds is 5. The number of carbonyl (C=O) groups is 1. The highest BCUT2D eigenvalue weighted by molar-refractivity contribution is 6.42. The Morgan fingerprint density at radius 2 is 2.07 bits per heavy atom. The third-order valence-electron chi connectivity index (χ3n) is 5.16. The molecule has 1 aliphatic heterocycles. The molecule has 1 heterocycles. The van der Waals surface area contributed by atoms with Crippen LogP contribution >= 0.6 is 23.2 Å². The van der Waals surface area contributed by atoms with Gasteiger partial charge < -0.3 is 11.1 Å². The van der Waals surface area contributed by atoms with Crippen LogP contribution in [0.3, 0.4) is 0 Å². The van der Waals surface area contributed by atoms with Gasteiger partial charge in [-0.25, -0.2) is 4.79 Å². The molecule has 0 saturated carbocycles. The van der Waals surface area contributed by atoms with Crippen LogP contribution in [0.2, 0.25) is 10.0 Å². The van der Waals surface area contributed by atoms with Crippen molar-refractivity contribution < 1.29 is 4.79 Å². The number of likely N-dealkylation sites (tertiary alicyclic amines) is 1. The predicted molar refractivity (Wildman–Crippen MR) is 113 cm³/mol. The summed E-state index contributed by atoms with van der Waals surface area (Å²) in [4.78, 5) is 13.8. The molecule has 1 fully saturated rings. The van der Waals surface area contributed by atoms with E-state index >= 15 is 0 Å². The quantitative estimate of drug-likeness (QED) is 0.713. The second-order valence-corrected chi connectivity index (χ2v) is 8.10. The first-order valence-corrected chi connectivity index (χ1v) is 9.99. The van der Waals surface area contributed by atoms with E-state index in [0.717, 1.165) is 49.3 Å². The smallest absolute Gasteiger partial charge is 0.316 e. The van der Waals surface area contributed by atoms with Crippen molar-refractivity contribution in [2.75, 3.05) is 18.4 Å². The summed E-state index contributed by atoms with van der Waals surface area (Å²) in [5.74, 6) is 0.576. The number of piperidine rings is 1. The molecule has 0 bridgehead atoms. The summed E-state index contributed by atoms with van der Waals surface area (Å²) in [5, 5.41) is 3.96. The SMILES string of the molecule is Cc1cccc(NC(N)=O)c1CN1CCCC(Cc2ccc(Cl)c(Cl)c2)C1. The molecule has 27 heavy (non-hydrogen) atoms. The molecule has 0 spiro atoms. The molecule has 4 nitrogen and oxygen atoms in total. The second-order valence-electron chi connectivity index (χ2n) is 7.29. The maximum atomic E-state index is 11.3. The number of hydrogen-bond acceptors (Lipinski definition) is 2. The van der Waals surface area contributed by atoms with Gasteiger partial charge in [0.15, 0.2) is 0 Å². The zero-order valence-electron chi connectivity index (χ0n) is 15.5. The zero-order valence-corrected chi connectivity index (χ0v) is 17.0. The number of nitrogens with one attached hydrogen (secondary N) is 1. The number of amides is 2. The van der Waals surface area contributed by atoms with Gasteiger partial charge >= 0.3 is 6.03 Å². The number of hydrogen-bond donors (Lipinski definition) is 2. The number of halogens is 2. The van der Waals surface area contributed by atoms with E-state index in [1.807, 2.05) is 24.3 Å². The minimum atomic E-state index is -0.530. The minimum absolute atomic E-state index is 0.530. The normalized spacial score (nSPS) is 17.7. The standard InChI is InChI=1S/C21H25Cl2N3O/c1-14-4-2-6-20(25-21(24)27)17(14)13-26-9-3-5-16(12-26)10-15-7-8-18(22)19(23)11-15/h2,4,6-8,11,16H,3,5,9-10,12-13H2,1H3,(H3,24,25,27). The summed E-state index contributed by atoms with van der Waals surface area (Å²) in [7, 11) is 0. The number of nitrogens with zero attached hydrogens (tertiary/aromatic N) is 1. The first-order valence-electron chi connectivity index (χ1n) is 9.23. The van der Waals surface area contributed by atoms with Gasteiger partial charge in [-0.2, -0.15) is 0 Å². The monoisotopic (exact) mass is 405 g/mol. The molecule has 1 atom stereocenters. The fraction of sp³-hybridized carbons (Fsp3) is 0.381. The van der Waals surface area contributed by atoms with Crippen molar-refractivity contribution in [3.63, 3.8) is 0 Å². The van der Waals surface area contributed by atoms with Gasteiger partial charge in [0, 0.05) is 18.8 Å². The van der Waals surface area contributed by atoms with Crippen LogP contribution in [-0.2, 0) is 13.0 Å². The van der Waals surface area contributed by atoms with Gasteiger partial charge in [-0.05, 0) is 73.5 Å². The van der Waals surface area contributed by atoms with Crippen LogP contribution in [0.4, 0.5) is 10.5 Å². The first-order chi connectivity index (χ1) is 12.9. The number of urea groups is 1. The van der Waals surface area contributed by atoms with E-state index in [0.29, 0.717) is 16.0 Å². The minimum Gasteiger partial charge on any atom is -0.351 e. The third-order valence-corrected chi connectivity index (χ3v) is 5.90. The van der Waals surface area contributed by atoms with Crippen LogP contribution in [-0.4, -0.2) is 24.0 Å². The predicted octanol–water partition coefficient (Wildman–Crippen LogP) is 5.25. The summed E-state index contributed by atoms with van der Waals surface area (Å²) in [5.41, 5.74) is 9.64. The van der Waals surface area contributed by atoms with Crippen molar-refractivity contribution in [2.24, 2.45) is 11.7 Å². The van der Waals surface area contributed by atoms with Crippen LogP contribution in [0, 0.1) is 12.8 Å². The van der Waals surface area contributed by atoms with Gasteiger partial charge in [-0.1, -0.05) is 41.4 Å². The van der Waals surface area contributed by atoms with Crippen molar-refractivity contribution >= 4 is 34.9 Å². The van der Waals surface area contributed by atoms with Crippen LogP contribution in [0.25, 0.3) is 0 Å². The number of aryl methyl sites for hydroxylation is 1. The Bertz CT molecular complexity index is 825. The number of anilines is 1. The number of carbonyl (C=O) groups excluding carboxylic acids is 1. The Hall–Kier alpha value is -1.75. The van der Waals surface area contributed by atoms with Crippen molar-refractivity contribution in [3.05, 3.63) is 63.1 Å². The van der Waals surface area contributed by atoms with E-state index in [2.05, 4.69) is 29.3 Å². The van der Waals surface area contributed by atoms with Crippen molar-refractivity contribution in [3.8, 4) is 0 Å². The van der Waals surface area contributed by atoms with Crippen molar-refractivity contribution in [1.29, 1.82) is 0 Å². The second kappa shape index (κ2) is 8.96. The molecule has 2 aromatic carbocycles. The fourth-order valence-electron chi connectivity index (χ4n) is 3.85. The Morgan fingerprint density at radius 3 is 2.81 bits per heavy atom. The van der Waals surface area contributed by atoms with Gasteiger partial charge in [-0.15, -0.1) is 0 Å². The van der Waals surface area contributed by atoms with Gasteiger partial charge in [0.25, 0.3) is 0 Å². The van der Waals surface area contributed by atoms with Crippen LogP contribution in [0.5, 0.6) is 0 Å². The number of nitrogens with two attached hydrogens (primary N) is 1. The lowest BCUT2D eigenvalue weighted by Gasteiger charge is -2.33. The molecule has 3 N–H and O–H groups in total. The highest BCUT2D eigenvalue weighted by Crippen LogP contribution is 2.28. The molecule has 144 valence electrons. The number of benzene rings is 2. The lowest BCUT2D eigenvalue weighted by molar-refractivity contribution is 0.167. The molecule has 3 rings (SSSR count). The lowest BCUT2D eigenvalue weighted by atomic mass is 9.91. The summed E-state index contributed by atoms with van der Waals surface area (Å²) in [6, 6.07) is 11.3. The molecule has 1 saturated heterocycles. The maximum absolute atomic E-state index is 11.3. The topological polar surface area (TPSA) is 58.4 Å². The van der Waals surface area contributed by atoms with E-state index < -0.39 is 6.03 Å². The van der Waals surface area contributed by atoms with E-state index in [4.69, 9.17) is 28.9 Å². The first kappa shape index (κ1) is 20.0. The van der Waals surface area contributed by atoms with Gasteiger partial charge in [0.1, 0.15) is 0 Å². The van der Waals surface area contributed by atoms with Crippen molar-refractivity contribution in [2.45, 2.75) is 32.7 Å². The Balaban J connectivity index is 1.68. The molecule has 0 radical (unpaired) electrons. The Kier molecular flexibility index (Phi) is 6.64. The van der Waals surface area contributed by atoms with E-state index in [9.17, 15) is 4.79 Å². The summed E-state index contributed by atoms with van der Waals surface area (Å²) >= 11 is 12.2. The van der Waals surface area contributed by atoms with Crippen LogP contribution in [0.15, 0.2) is 36.4 Å². The van der Waals surface area contributed by atoms with Crippen LogP contribution < -0.4 is 11.1 Å². The molecule has 1 unspecified atom stereocenters. The fourth-order valence-corrected chi connectivity index (χ4v) is 4.17. The van der Waals surface area contributed by atoms with Crippen molar-refractivity contribution in [1.82, 2.24) is 4.90 Å². The van der Waals surface area contributed by atoms with Gasteiger partial charge in [-0.3, -0.25) is 4.90 Å². The highest BCUT2D eigenvalue weighted by atomic mass is 35.5. The molecular formula is C21H25Cl2N3O. The summed E-state index contributed by atoms with van der Waals surface area (Å²) in [6.07, 6.45) is 3.36. The molecule has 1 aliphatic rings. The lowest BCUT2D eigenvalue weighted by Crippen LogP contribution is -2.36. The van der Waals surface area contributed by atoms with E-state index in [1.54, 1.807) is 0 Å². The van der Waals surface area contributed by atoms with Gasteiger partial charge in [0.05, 0.1) is 10.0 Å². The molecule has 0 aromatic heterocycles. The zero-order chi connectivity index (χ0) is 19.4. The van der Waals surface area contributed by atoms with E-state index in [1.165, 1.54) is 12.0 Å². The largest absolute Gasteiger partial charge is 0.351 e. The highest BCUT2D eigenvalue weighted by Gasteiger charge is 2.22. The molecule has 2 aromatic rings. The number of primary amides is 1. The average Bonchev–Trinajstić information content (AvgIpc) is 2.61. The Morgan fingerprint density at radius 1 is 1.26 bits per heavy atom. The molecule has 0 aliphatic carbocycles. The average molecular weight is 406 g/mol. The summed E-state index contributed by atoms with van der Waals surface area (Å²) in [6.45, 7) is 4.95. The van der Waals surface area contributed by atoms with E-state index in [-0.39, 0.29) is 0 Å². The Labute approximate surface area is 170 Å².